The normalized spacial score (nSPS) is 29.5. The molecule has 2 aliphatic rings. The third-order valence-electron chi connectivity index (χ3n) is 4.73. The number of ether oxygens (including phenoxy) is 1. The maximum Gasteiger partial charge on any atom is 0.327 e. The number of methoxy groups -OCH3 is 1. The molecule has 0 amide bonds. The smallest absolute Gasteiger partial charge is 0.327 e. The van der Waals surface area contributed by atoms with Crippen LogP contribution < -0.4 is 5.32 Å². The van der Waals surface area contributed by atoms with Crippen molar-refractivity contribution in [3.63, 3.8) is 0 Å². The van der Waals surface area contributed by atoms with Crippen LogP contribution in [0.15, 0.2) is 30.3 Å². The molecule has 4 nitrogen and oxygen atoms in total. The van der Waals surface area contributed by atoms with Crippen LogP contribution in [0, 0.1) is 0 Å². The third kappa shape index (κ3) is 2.97. The van der Waals surface area contributed by atoms with Gasteiger partial charge in [-0.3, -0.25) is 15.0 Å². The highest BCUT2D eigenvalue weighted by molar-refractivity contribution is 5.81. The van der Waals surface area contributed by atoms with Crippen molar-refractivity contribution in [2.24, 2.45) is 0 Å². The highest BCUT2D eigenvalue weighted by Gasteiger charge is 2.51. The van der Waals surface area contributed by atoms with Gasteiger partial charge in [0.15, 0.2) is 0 Å². The monoisotopic (exact) mass is 288 g/mol. The molecule has 3 rings (SSSR count). The van der Waals surface area contributed by atoms with Crippen molar-refractivity contribution >= 4 is 5.97 Å². The summed E-state index contributed by atoms with van der Waals surface area (Å²) in [5.74, 6) is -0.131. The molecule has 1 aliphatic carbocycles. The lowest BCUT2D eigenvalue weighted by atomic mass is 9.96. The molecular formula is C17H24N2O2. The number of carbonyl (C=O) groups is 1. The molecule has 114 valence electrons. The van der Waals surface area contributed by atoms with Crippen LogP contribution in [-0.2, 0) is 16.1 Å². The van der Waals surface area contributed by atoms with E-state index >= 15 is 0 Å². The summed E-state index contributed by atoms with van der Waals surface area (Å²) in [6.07, 6.45) is 3.35. The first-order valence-electron chi connectivity index (χ1n) is 7.78. The second kappa shape index (κ2) is 5.78. The Balaban J connectivity index is 1.73. The van der Waals surface area contributed by atoms with E-state index in [0.29, 0.717) is 18.6 Å². The molecule has 2 unspecified atom stereocenters. The molecule has 1 saturated carbocycles. The van der Waals surface area contributed by atoms with Crippen molar-refractivity contribution in [1.82, 2.24) is 10.2 Å². The van der Waals surface area contributed by atoms with E-state index in [1.807, 2.05) is 18.2 Å². The Bertz CT molecular complexity index is 501. The topological polar surface area (TPSA) is 41.6 Å². The van der Waals surface area contributed by atoms with E-state index in [2.05, 4.69) is 29.3 Å². The fraction of sp³-hybridized carbons (Fsp3) is 0.588. The zero-order chi connectivity index (χ0) is 14.9. The predicted molar refractivity (Wildman–Crippen MR) is 81.8 cm³/mol. The maximum atomic E-state index is 12.4. The van der Waals surface area contributed by atoms with Gasteiger partial charge in [-0.05, 0) is 31.7 Å². The number of esters is 1. The minimum atomic E-state index is -0.563. The van der Waals surface area contributed by atoms with Crippen molar-refractivity contribution in [2.45, 2.75) is 50.4 Å². The maximum absolute atomic E-state index is 12.4. The molecule has 1 N–H and O–H groups in total. The Kier molecular flexibility index (Phi) is 4.00. The second-order valence-electron chi connectivity index (χ2n) is 6.37. The number of hydrogen-bond acceptors (Lipinski definition) is 4. The fourth-order valence-corrected chi connectivity index (χ4v) is 3.46. The van der Waals surface area contributed by atoms with E-state index in [9.17, 15) is 4.79 Å². The quantitative estimate of drug-likeness (QED) is 0.841. The Labute approximate surface area is 126 Å². The van der Waals surface area contributed by atoms with E-state index in [4.69, 9.17) is 4.74 Å². The highest BCUT2D eigenvalue weighted by Crippen LogP contribution is 2.37. The molecule has 0 aromatic heterocycles. The van der Waals surface area contributed by atoms with Crippen LogP contribution in [0.2, 0.25) is 0 Å². The van der Waals surface area contributed by atoms with Crippen LogP contribution in [-0.4, -0.2) is 42.1 Å². The Morgan fingerprint density at radius 3 is 2.71 bits per heavy atom. The molecule has 1 aromatic rings. The van der Waals surface area contributed by atoms with Crippen LogP contribution in [0.1, 0.15) is 31.7 Å². The fourth-order valence-electron chi connectivity index (χ4n) is 3.46. The molecule has 0 bridgehead atoms. The van der Waals surface area contributed by atoms with Crippen LogP contribution in [0.25, 0.3) is 0 Å². The lowest BCUT2D eigenvalue weighted by Gasteiger charge is -2.28. The first-order chi connectivity index (χ1) is 10.1. The number of likely N-dealkylation sites (tertiary alicyclic amines) is 1. The van der Waals surface area contributed by atoms with E-state index in [0.717, 1.165) is 13.0 Å². The van der Waals surface area contributed by atoms with Gasteiger partial charge >= 0.3 is 5.97 Å². The summed E-state index contributed by atoms with van der Waals surface area (Å²) in [5, 5.41) is 3.49. The molecule has 4 heteroatoms. The van der Waals surface area contributed by atoms with Gasteiger partial charge in [0.25, 0.3) is 0 Å². The largest absolute Gasteiger partial charge is 0.468 e. The Morgan fingerprint density at radius 2 is 2.10 bits per heavy atom. The molecule has 21 heavy (non-hydrogen) atoms. The van der Waals surface area contributed by atoms with Crippen LogP contribution >= 0.6 is 0 Å². The summed E-state index contributed by atoms with van der Waals surface area (Å²) in [7, 11) is 1.48. The molecule has 2 atom stereocenters. The number of nitrogens with one attached hydrogen (secondary N) is 1. The van der Waals surface area contributed by atoms with Gasteiger partial charge in [0.2, 0.25) is 0 Å². The lowest BCUT2D eigenvalue weighted by Crippen LogP contribution is -2.54. The van der Waals surface area contributed by atoms with Crippen molar-refractivity contribution < 1.29 is 9.53 Å². The van der Waals surface area contributed by atoms with Gasteiger partial charge in [-0.15, -0.1) is 0 Å². The van der Waals surface area contributed by atoms with Crippen molar-refractivity contribution in [3.8, 4) is 0 Å². The van der Waals surface area contributed by atoms with Crippen LogP contribution in [0.5, 0.6) is 0 Å². The molecule has 2 fully saturated rings. The number of rotatable bonds is 5. The third-order valence-corrected chi connectivity index (χ3v) is 4.73. The average molecular weight is 288 g/mol. The molecular weight excluding hydrogens is 264 g/mol. The Hall–Kier alpha value is -1.39. The number of hydrogen-bond donors (Lipinski definition) is 1. The summed E-state index contributed by atoms with van der Waals surface area (Å²) in [5.41, 5.74) is 0.630. The Morgan fingerprint density at radius 1 is 1.38 bits per heavy atom. The van der Waals surface area contributed by atoms with E-state index in [1.165, 1.54) is 25.5 Å². The van der Waals surface area contributed by atoms with Gasteiger partial charge in [-0.25, -0.2) is 0 Å². The summed E-state index contributed by atoms with van der Waals surface area (Å²) >= 11 is 0. The number of benzene rings is 1. The second-order valence-corrected chi connectivity index (χ2v) is 6.37. The molecule has 0 spiro atoms. The van der Waals surface area contributed by atoms with Gasteiger partial charge in [-0.1, -0.05) is 30.3 Å². The average Bonchev–Trinajstić information content (AvgIpc) is 3.30. The van der Waals surface area contributed by atoms with Gasteiger partial charge in [0, 0.05) is 25.2 Å². The van der Waals surface area contributed by atoms with E-state index < -0.39 is 5.54 Å². The van der Waals surface area contributed by atoms with Gasteiger partial charge < -0.3 is 4.74 Å². The predicted octanol–water partition coefficient (Wildman–Crippen LogP) is 1.94. The number of nitrogens with zero attached hydrogens (tertiary/aromatic N) is 1. The number of carbonyl (C=O) groups excluding carboxylic acids is 1. The molecule has 0 radical (unpaired) electrons. The summed E-state index contributed by atoms with van der Waals surface area (Å²) in [6.45, 7) is 3.67. The zero-order valence-corrected chi connectivity index (χ0v) is 12.8. The molecule has 1 saturated heterocycles. The zero-order valence-electron chi connectivity index (χ0n) is 12.8. The molecule has 1 heterocycles. The van der Waals surface area contributed by atoms with E-state index in [-0.39, 0.29) is 5.97 Å². The lowest BCUT2D eigenvalue weighted by molar-refractivity contribution is -0.148. The van der Waals surface area contributed by atoms with Crippen molar-refractivity contribution in [1.29, 1.82) is 0 Å². The summed E-state index contributed by atoms with van der Waals surface area (Å²) in [4.78, 5) is 14.8. The van der Waals surface area contributed by atoms with Gasteiger partial charge in [0.1, 0.15) is 5.54 Å². The highest BCUT2D eigenvalue weighted by atomic mass is 16.5. The van der Waals surface area contributed by atoms with Crippen molar-refractivity contribution in [3.05, 3.63) is 35.9 Å². The van der Waals surface area contributed by atoms with Crippen LogP contribution in [0.4, 0.5) is 0 Å². The summed E-state index contributed by atoms with van der Waals surface area (Å²) < 4.78 is 5.09. The minimum absolute atomic E-state index is 0.131. The first-order valence-corrected chi connectivity index (χ1v) is 7.78. The van der Waals surface area contributed by atoms with Gasteiger partial charge in [0.05, 0.1) is 7.11 Å². The SMILES string of the molecule is COC(=O)C1(NCc2ccccc2)CC(C)N(C2CC2)C1. The van der Waals surface area contributed by atoms with E-state index in [1.54, 1.807) is 0 Å². The van der Waals surface area contributed by atoms with Crippen LogP contribution in [0.3, 0.4) is 0 Å². The molecule has 1 aliphatic heterocycles. The van der Waals surface area contributed by atoms with Gasteiger partial charge in [-0.2, -0.15) is 0 Å². The molecule has 1 aromatic carbocycles. The first kappa shape index (κ1) is 14.5. The summed E-state index contributed by atoms with van der Waals surface area (Å²) in [6, 6.07) is 11.3. The minimum Gasteiger partial charge on any atom is -0.468 e. The van der Waals surface area contributed by atoms with Crippen molar-refractivity contribution in [2.75, 3.05) is 13.7 Å². The standard InChI is InChI=1S/C17H24N2O2/c1-13-10-17(16(20)21-2,12-19(13)15-8-9-15)18-11-14-6-4-3-5-7-14/h3-7,13,15,18H,8-12H2,1-2H3.